The van der Waals surface area contributed by atoms with E-state index in [4.69, 9.17) is 0 Å². The van der Waals surface area contributed by atoms with E-state index >= 15 is 0 Å². The first-order valence-corrected chi connectivity index (χ1v) is 10.7. The van der Waals surface area contributed by atoms with Crippen molar-refractivity contribution in [1.29, 1.82) is 0 Å². The van der Waals surface area contributed by atoms with Crippen LogP contribution in [0.5, 0.6) is 0 Å². The van der Waals surface area contributed by atoms with Crippen LogP contribution in [0.25, 0.3) is 0 Å². The van der Waals surface area contributed by atoms with E-state index in [0.29, 0.717) is 17.6 Å². The summed E-state index contributed by atoms with van der Waals surface area (Å²) in [4.78, 5) is 4.45. The molecule has 0 N–H and O–H groups in total. The van der Waals surface area contributed by atoms with Crippen molar-refractivity contribution >= 4 is 21.2 Å². The standard InChI is InChI=1S/C15H22N4O2S2/c1-3-4-5-15-16-12(8-22-15)9-23(20,21)10-14-18-17-11(2)19(14)13-6-7-13/h8,13H,3-7,9-10H2,1-2H3. The fourth-order valence-electron chi connectivity index (χ4n) is 2.65. The average Bonchev–Trinajstić information content (AvgIpc) is 3.12. The summed E-state index contributed by atoms with van der Waals surface area (Å²) in [6.07, 6.45) is 5.29. The third-order valence-corrected chi connectivity index (χ3v) is 6.30. The van der Waals surface area contributed by atoms with Gasteiger partial charge in [-0.15, -0.1) is 21.5 Å². The Bertz CT molecular complexity index is 775. The molecule has 8 heteroatoms. The molecule has 0 saturated heterocycles. The smallest absolute Gasteiger partial charge is 0.163 e. The summed E-state index contributed by atoms with van der Waals surface area (Å²) < 4.78 is 26.9. The lowest BCUT2D eigenvalue weighted by atomic mass is 10.3. The molecule has 2 aromatic heterocycles. The Balaban J connectivity index is 1.68. The Kier molecular flexibility index (Phi) is 4.82. The summed E-state index contributed by atoms with van der Waals surface area (Å²) in [6, 6.07) is 0.384. The molecule has 0 amide bonds. The number of thiazole rings is 1. The first kappa shape index (κ1) is 16.6. The summed E-state index contributed by atoms with van der Waals surface area (Å²) in [7, 11) is -3.29. The first-order chi connectivity index (χ1) is 11.0. The maximum absolute atomic E-state index is 12.5. The molecule has 2 heterocycles. The molecule has 0 aliphatic heterocycles. The lowest BCUT2D eigenvalue weighted by Gasteiger charge is -2.07. The highest BCUT2D eigenvalue weighted by Gasteiger charge is 2.30. The molecule has 23 heavy (non-hydrogen) atoms. The molecule has 0 aromatic carbocycles. The van der Waals surface area contributed by atoms with E-state index in [1.165, 1.54) is 0 Å². The van der Waals surface area contributed by atoms with Gasteiger partial charge < -0.3 is 4.57 Å². The van der Waals surface area contributed by atoms with E-state index in [2.05, 4.69) is 22.1 Å². The summed E-state index contributed by atoms with van der Waals surface area (Å²) >= 11 is 1.55. The van der Waals surface area contributed by atoms with Crippen LogP contribution in [0.2, 0.25) is 0 Å². The van der Waals surface area contributed by atoms with Gasteiger partial charge in [-0.2, -0.15) is 0 Å². The van der Waals surface area contributed by atoms with Gasteiger partial charge in [0.25, 0.3) is 0 Å². The molecule has 3 rings (SSSR count). The van der Waals surface area contributed by atoms with Gasteiger partial charge in [0.2, 0.25) is 0 Å². The fourth-order valence-corrected chi connectivity index (χ4v) is 4.89. The molecular weight excluding hydrogens is 332 g/mol. The van der Waals surface area contributed by atoms with Crippen molar-refractivity contribution in [2.24, 2.45) is 0 Å². The van der Waals surface area contributed by atoms with Gasteiger partial charge >= 0.3 is 0 Å². The van der Waals surface area contributed by atoms with Gasteiger partial charge in [0.15, 0.2) is 9.84 Å². The minimum absolute atomic E-state index is 0.0216. The fraction of sp³-hybridized carbons (Fsp3) is 0.667. The van der Waals surface area contributed by atoms with Crippen molar-refractivity contribution in [3.8, 4) is 0 Å². The quantitative estimate of drug-likeness (QED) is 0.728. The summed E-state index contributed by atoms with van der Waals surface area (Å²) in [5.74, 6) is 1.28. The van der Waals surface area contributed by atoms with Crippen molar-refractivity contribution in [3.05, 3.63) is 27.7 Å². The molecule has 0 unspecified atom stereocenters. The molecule has 0 spiro atoms. The third-order valence-electron chi connectivity index (χ3n) is 3.91. The van der Waals surface area contributed by atoms with Gasteiger partial charge in [0, 0.05) is 11.4 Å². The predicted octanol–water partition coefficient (Wildman–Crippen LogP) is 2.84. The lowest BCUT2D eigenvalue weighted by Crippen LogP contribution is -2.13. The van der Waals surface area contributed by atoms with Gasteiger partial charge in [-0.3, -0.25) is 0 Å². The highest BCUT2D eigenvalue weighted by molar-refractivity contribution is 7.89. The van der Waals surface area contributed by atoms with Crippen LogP contribution in [-0.2, 0) is 27.8 Å². The zero-order valence-corrected chi connectivity index (χ0v) is 15.2. The molecule has 1 fully saturated rings. The van der Waals surface area contributed by atoms with Crippen LogP contribution >= 0.6 is 11.3 Å². The number of sulfone groups is 1. The van der Waals surface area contributed by atoms with E-state index < -0.39 is 9.84 Å². The highest BCUT2D eigenvalue weighted by Crippen LogP contribution is 2.36. The molecule has 126 valence electrons. The Morgan fingerprint density at radius 2 is 2.09 bits per heavy atom. The van der Waals surface area contributed by atoms with Crippen LogP contribution < -0.4 is 0 Å². The van der Waals surface area contributed by atoms with Crippen LogP contribution in [0, 0.1) is 6.92 Å². The molecule has 0 atom stereocenters. The number of aryl methyl sites for hydroxylation is 2. The molecule has 6 nitrogen and oxygen atoms in total. The van der Waals surface area contributed by atoms with Gasteiger partial charge in [-0.1, -0.05) is 13.3 Å². The first-order valence-electron chi connectivity index (χ1n) is 8.02. The van der Waals surface area contributed by atoms with E-state index in [1.54, 1.807) is 11.3 Å². The second-order valence-electron chi connectivity index (χ2n) is 6.13. The van der Waals surface area contributed by atoms with E-state index in [-0.39, 0.29) is 11.5 Å². The van der Waals surface area contributed by atoms with Crippen LogP contribution in [0.4, 0.5) is 0 Å². The second-order valence-corrected chi connectivity index (χ2v) is 9.14. The minimum Gasteiger partial charge on any atom is -0.311 e. The van der Waals surface area contributed by atoms with Crippen molar-refractivity contribution in [3.63, 3.8) is 0 Å². The SMILES string of the molecule is CCCCc1nc(CS(=O)(=O)Cc2nnc(C)n2C2CC2)cs1. The predicted molar refractivity (Wildman–Crippen MR) is 90.1 cm³/mol. The Hall–Kier alpha value is -1.28. The average molecular weight is 355 g/mol. The largest absolute Gasteiger partial charge is 0.311 e. The number of hydrogen-bond acceptors (Lipinski definition) is 6. The summed E-state index contributed by atoms with van der Waals surface area (Å²) in [5.41, 5.74) is 0.648. The van der Waals surface area contributed by atoms with Gasteiger partial charge in [-0.05, 0) is 32.6 Å². The van der Waals surface area contributed by atoms with Crippen molar-refractivity contribution in [2.45, 2.75) is 63.5 Å². The van der Waals surface area contributed by atoms with Crippen molar-refractivity contribution in [1.82, 2.24) is 19.7 Å². The number of rotatable bonds is 8. The van der Waals surface area contributed by atoms with Crippen molar-refractivity contribution < 1.29 is 8.42 Å². The highest BCUT2D eigenvalue weighted by atomic mass is 32.2. The third kappa shape index (κ3) is 4.17. The molecular formula is C15H22N4O2S2. The zero-order valence-electron chi connectivity index (χ0n) is 13.5. The van der Waals surface area contributed by atoms with Gasteiger partial charge in [0.1, 0.15) is 17.4 Å². The van der Waals surface area contributed by atoms with Crippen LogP contribution in [-0.4, -0.2) is 28.2 Å². The van der Waals surface area contributed by atoms with Crippen LogP contribution in [0.1, 0.15) is 61.0 Å². The van der Waals surface area contributed by atoms with Crippen LogP contribution in [0.15, 0.2) is 5.38 Å². The maximum atomic E-state index is 12.5. The number of hydrogen-bond donors (Lipinski definition) is 0. The topological polar surface area (TPSA) is 77.7 Å². The normalized spacial score (nSPS) is 15.2. The molecule has 1 aliphatic carbocycles. The Labute approximate surface area is 140 Å². The summed E-state index contributed by atoms with van der Waals surface area (Å²) in [5, 5.41) is 11.0. The zero-order chi connectivity index (χ0) is 16.4. The van der Waals surface area contributed by atoms with E-state index in [9.17, 15) is 8.42 Å². The Morgan fingerprint density at radius 1 is 1.30 bits per heavy atom. The monoisotopic (exact) mass is 354 g/mol. The maximum Gasteiger partial charge on any atom is 0.163 e. The molecule has 1 saturated carbocycles. The molecule has 1 aliphatic rings. The summed E-state index contributed by atoms with van der Waals surface area (Å²) in [6.45, 7) is 4.01. The molecule has 2 aromatic rings. The van der Waals surface area contributed by atoms with Crippen LogP contribution in [0.3, 0.4) is 0 Å². The van der Waals surface area contributed by atoms with E-state index in [1.807, 2.05) is 16.9 Å². The van der Waals surface area contributed by atoms with Gasteiger partial charge in [0.05, 0.1) is 16.5 Å². The van der Waals surface area contributed by atoms with Gasteiger partial charge in [-0.25, -0.2) is 13.4 Å². The minimum atomic E-state index is -3.29. The molecule has 0 bridgehead atoms. The van der Waals surface area contributed by atoms with E-state index in [0.717, 1.165) is 42.9 Å². The number of aromatic nitrogens is 4. The van der Waals surface area contributed by atoms with Crippen molar-refractivity contribution in [2.75, 3.05) is 0 Å². The second kappa shape index (κ2) is 6.68. The number of nitrogens with zero attached hydrogens (tertiary/aromatic N) is 4. The number of unbranched alkanes of at least 4 members (excludes halogenated alkanes) is 1. The Morgan fingerprint density at radius 3 is 2.78 bits per heavy atom. The lowest BCUT2D eigenvalue weighted by molar-refractivity contribution is 0.588. The molecule has 0 radical (unpaired) electrons.